The van der Waals surface area contributed by atoms with Crippen molar-refractivity contribution in [2.24, 2.45) is 11.3 Å². The topological polar surface area (TPSA) is 33.3 Å². The van der Waals surface area contributed by atoms with Gasteiger partial charge in [-0.3, -0.25) is 0 Å². The van der Waals surface area contributed by atoms with Crippen LogP contribution in [-0.4, -0.2) is 38.9 Å². The summed E-state index contributed by atoms with van der Waals surface area (Å²) in [5, 5.41) is 6.98. The third-order valence-corrected chi connectivity index (χ3v) is 3.53. The van der Waals surface area contributed by atoms with E-state index in [0.717, 1.165) is 32.8 Å². The van der Waals surface area contributed by atoms with Crippen LogP contribution in [0.15, 0.2) is 0 Å². The van der Waals surface area contributed by atoms with Crippen LogP contribution in [0.1, 0.15) is 27.7 Å². The summed E-state index contributed by atoms with van der Waals surface area (Å²) in [5.74, 6) is 0.709. The molecule has 0 spiro atoms. The summed E-state index contributed by atoms with van der Waals surface area (Å²) >= 11 is 0. The van der Waals surface area contributed by atoms with Crippen LogP contribution >= 0.6 is 0 Å². The fourth-order valence-electron chi connectivity index (χ4n) is 1.52. The third-order valence-electron chi connectivity index (χ3n) is 3.53. The standard InChI is InChI=1S/C12H26N2O/c1-10(2)12(3,4)9-13-7-11-8-15-6-5-14-11/h10-11,13-14H,5-9H2,1-4H3. The largest absolute Gasteiger partial charge is 0.378 e. The summed E-state index contributed by atoms with van der Waals surface area (Å²) < 4.78 is 5.41. The van der Waals surface area contributed by atoms with Crippen molar-refractivity contribution in [2.75, 3.05) is 32.8 Å². The smallest absolute Gasteiger partial charge is 0.0632 e. The van der Waals surface area contributed by atoms with Crippen LogP contribution < -0.4 is 10.6 Å². The van der Waals surface area contributed by atoms with E-state index in [4.69, 9.17) is 4.74 Å². The lowest BCUT2D eigenvalue weighted by Gasteiger charge is -2.31. The van der Waals surface area contributed by atoms with Crippen LogP contribution in [0.2, 0.25) is 0 Å². The Labute approximate surface area is 94.0 Å². The molecule has 1 aliphatic rings. The van der Waals surface area contributed by atoms with Crippen molar-refractivity contribution in [1.29, 1.82) is 0 Å². The molecule has 90 valence electrons. The van der Waals surface area contributed by atoms with Crippen molar-refractivity contribution in [2.45, 2.75) is 33.7 Å². The third kappa shape index (κ3) is 4.49. The molecule has 2 N–H and O–H groups in total. The Morgan fingerprint density at radius 2 is 2.20 bits per heavy atom. The van der Waals surface area contributed by atoms with Gasteiger partial charge in [0.15, 0.2) is 0 Å². The Morgan fingerprint density at radius 3 is 2.73 bits per heavy atom. The van der Waals surface area contributed by atoms with E-state index in [1.807, 2.05) is 0 Å². The summed E-state index contributed by atoms with van der Waals surface area (Å²) in [6, 6.07) is 0.488. The molecule has 0 aromatic carbocycles. The molecule has 1 unspecified atom stereocenters. The zero-order valence-corrected chi connectivity index (χ0v) is 10.6. The Hall–Kier alpha value is -0.120. The van der Waals surface area contributed by atoms with E-state index >= 15 is 0 Å². The van der Waals surface area contributed by atoms with E-state index in [2.05, 4.69) is 38.3 Å². The van der Waals surface area contributed by atoms with Gasteiger partial charge in [0.2, 0.25) is 0 Å². The molecular formula is C12H26N2O. The van der Waals surface area contributed by atoms with Gasteiger partial charge in [-0.1, -0.05) is 27.7 Å². The van der Waals surface area contributed by atoms with Crippen LogP contribution in [0, 0.1) is 11.3 Å². The fourth-order valence-corrected chi connectivity index (χ4v) is 1.52. The molecule has 1 heterocycles. The van der Waals surface area contributed by atoms with E-state index in [0.29, 0.717) is 17.4 Å². The van der Waals surface area contributed by atoms with Crippen molar-refractivity contribution in [3.05, 3.63) is 0 Å². The maximum Gasteiger partial charge on any atom is 0.0632 e. The molecule has 3 heteroatoms. The van der Waals surface area contributed by atoms with Gasteiger partial charge in [0, 0.05) is 25.7 Å². The summed E-state index contributed by atoms with van der Waals surface area (Å²) in [7, 11) is 0. The zero-order chi connectivity index (χ0) is 11.3. The van der Waals surface area contributed by atoms with E-state index in [1.165, 1.54) is 0 Å². The van der Waals surface area contributed by atoms with Gasteiger partial charge in [0.05, 0.1) is 13.2 Å². The second-order valence-corrected chi connectivity index (χ2v) is 5.50. The Balaban J connectivity index is 2.14. The quantitative estimate of drug-likeness (QED) is 0.722. The highest BCUT2D eigenvalue weighted by molar-refractivity contribution is 4.78. The normalized spacial score (nSPS) is 23.4. The lowest BCUT2D eigenvalue weighted by atomic mass is 9.81. The van der Waals surface area contributed by atoms with Crippen LogP contribution in [0.25, 0.3) is 0 Å². The summed E-state index contributed by atoms with van der Waals surface area (Å²) in [6.45, 7) is 14.0. The zero-order valence-electron chi connectivity index (χ0n) is 10.6. The van der Waals surface area contributed by atoms with Crippen LogP contribution in [0.4, 0.5) is 0 Å². The summed E-state index contributed by atoms with van der Waals surface area (Å²) in [6.07, 6.45) is 0. The fraction of sp³-hybridized carbons (Fsp3) is 1.00. The first-order valence-electron chi connectivity index (χ1n) is 6.04. The highest BCUT2D eigenvalue weighted by Crippen LogP contribution is 2.24. The van der Waals surface area contributed by atoms with E-state index in [1.54, 1.807) is 0 Å². The highest BCUT2D eigenvalue weighted by atomic mass is 16.5. The molecular weight excluding hydrogens is 188 g/mol. The predicted octanol–water partition coefficient (Wildman–Crippen LogP) is 1.25. The Morgan fingerprint density at radius 1 is 1.47 bits per heavy atom. The molecule has 0 aromatic rings. The van der Waals surface area contributed by atoms with Crippen LogP contribution in [0.3, 0.4) is 0 Å². The molecule has 0 amide bonds. The first kappa shape index (κ1) is 12.9. The average molecular weight is 214 g/mol. The highest BCUT2D eigenvalue weighted by Gasteiger charge is 2.22. The first-order chi connectivity index (χ1) is 7.02. The molecule has 1 aliphatic heterocycles. The van der Waals surface area contributed by atoms with E-state index < -0.39 is 0 Å². The molecule has 0 aromatic heterocycles. The van der Waals surface area contributed by atoms with Crippen molar-refractivity contribution >= 4 is 0 Å². The Kier molecular flexibility index (Phi) is 5.03. The minimum absolute atomic E-state index is 0.371. The number of ether oxygens (including phenoxy) is 1. The molecule has 1 saturated heterocycles. The van der Waals surface area contributed by atoms with Crippen molar-refractivity contribution in [3.8, 4) is 0 Å². The molecule has 0 bridgehead atoms. The molecule has 0 saturated carbocycles. The number of hydrogen-bond donors (Lipinski definition) is 2. The lowest BCUT2D eigenvalue weighted by molar-refractivity contribution is 0.0752. The van der Waals surface area contributed by atoms with Gasteiger partial charge in [-0.05, 0) is 11.3 Å². The monoisotopic (exact) mass is 214 g/mol. The number of morpholine rings is 1. The van der Waals surface area contributed by atoms with E-state index in [-0.39, 0.29) is 0 Å². The molecule has 1 fully saturated rings. The van der Waals surface area contributed by atoms with Gasteiger partial charge in [-0.15, -0.1) is 0 Å². The summed E-state index contributed by atoms with van der Waals surface area (Å²) in [4.78, 5) is 0. The second-order valence-electron chi connectivity index (χ2n) is 5.50. The second kappa shape index (κ2) is 5.83. The molecule has 3 nitrogen and oxygen atoms in total. The molecule has 15 heavy (non-hydrogen) atoms. The van der Waals surface area contributed by atoms with Crippen molar-refractivity contribution in [1.82, 2.24) is 10.6 Å². The summed E-state index contributed by atoms with van der Waals surface area (Å²) in [5.41, 5.74) is 0.371. The minimum atomic E-state index is 0.371. The van der Waals surface area contributed by atoms with Gasteiger partial charge in [-0.25, -0.2) is 0 Å². The maximum atomic E-state index is 5.41. The maximum absolute atomic E-state index is 5.41. The van der Waals surface area contributed by atoms with Gasteiger partial charge < -0.3 is 15.4 Å². The van der Waals surface area contributed by atoms with Gasteiger partial charge in [0.25, 0.3) is 0 Å². The number of rotatable bonds is 5. The van der Waals surface area contributed by atoms with Gasteiger partial charge >= 0.3 is 0 Å². The Bertz CT molecular complexity index is 174. The van der Waals surface area contributed by atoms with Gasteiger partial charge in [0.1, 0.15) is 0 Å². The number of nitrogens with one attached hydrogen (secondary N) is 2. The minimum Gasteiger partial charge on any atom is -0.378 e. The van der Waals surface area contributed by atoms with Gasteiger partial charge in [-0.2, -0.15) is 0 Å². The van der Waals surface area contributed by atoms with E-state index in [9.17, 15) is 0 Å². The first-order valence-corrected chi connectivity index (χ1v) is 6.04. The molecule has 0 radical (unpaired) electrons. The molecule has 1 atom stereocenters. The lowest BCUT2D eigenvalue weighted by Crippen LogP contribution is -2.48. The van der Waals surface area contributed by atoms with Crippen LogP contribution in [0.5, 0.6) is 0 Å². The molecule has 1 rings (SSSR count). The SMILES string of the molecule is CC(C)C(C)(C)CNCC1COCCN1. The number of hydrogen-bond acceptors (Lipinski definition) is 3. The van der Waals surface area contributed by atoms with Crippen LogP contribution in [-0.2, 0) is 4.74 Å². The predicted molar refractivity (Wildman–Crippen MR) is 64.1 cm³/mol. The van der Waals surface area contributed by atoms with Crippen molar-refractivity contribution < 1.29 is 4.74 Å². The average Bonchev–Trinajstić information content (AvgIpc) is 2.19. The molecule has 0 aliphatic carbocycles. The van der Waals surface area contributed by atoms with Crippen molar-refractivity contribution in [3.63, 3.8) is 0 Å².